The van der Waals surface area contributed by atoms with Crippen LogP contribution in [-0.4, -0.2) is 47.6 Å². The Labute approximate surface area is 187 Å². The standard InChI is InChI=1S/C22H19F3N4O4/c1-13-9-14(10-18(28-13)22(23,24)25)21(31)29(12-19(30)32-2)17-11-26-8-6-15(17)16-5-4-7-27-20(16)33-3/h4-11H,12H2,1-3H3. The summed E-state index contributed by atoms with van der Waals surface area (Å²) in [5, 5.41) is 0. The molecule has 1 amide bonds. The number of aromatic nitrogens is 3. The van der Waals surface area contributed by atoms with Crippen LogP contribution >= 0.6 is 0 Å². The van der Waals surface area contributed by atoms with Crippen LogP contribution in [0.4, 0.5) is 18.9 Å². The molecule has 0 aromatic carbocycles. The predicted molar refractivity (Wildman–Crippen MR) is 112 cm³/mol. The zero-order valence-electron chi connectivity index (χ0n) is 17.9. The van der Waals surface area contributed by atoms with Crippen molar-refractivity contribution in [3.8, 4) is 17.0 Å². The molecule has 0 aliphatic heterocycles. The summed E-state index contributed by atoms with van der Waals surface area (Å²) in [6, 6.07) is 6.76. The number of anilines is 1. The van der Waals surface area contributed by atoms with Gasteiger partial charge in [0.1, 0.15) is 12.2 Å². The Kier molecular flexibility index (Phi) is 6.90. The fourth-order valence-electron chi connectivity index (χ4n) is 3.14. The van der Waals surface area contributed by atoms with Gasteiger partial charge in [0, 0.05) is 34.8 Å². The summed E-state index contributed by atoms with van der Waals surface area (Å²) in [4.78, 5) is 38.2. The molecule has 0 aliphatic rings. The zero-order chi connectivity index (χ0) is 24.2. The van der Waals surface area contributed by atoms with Crippen molar-refractivity contribution in [1.82, 2.24) is 15.0 Å². The van der Waals surface area contributed by atoms with Gasteiger partial charge in [-0.15, -0.1) is 0 Å². The lowest BCUT2D eigenvalue weighted by Gasteiger charge is -2.24. The number of pyridine rings is 3. The third-order valence-corrected chi connectivity index (χ3v) is 4.60. The van der Waals surface area contributed by atoms with Crippen LogP contribution in [-0.2, 0) is 15.7 Å². The minimum Gasteiger partial charge on any atom is -0.481 e. The van der Waals surface area contributed by atoms with E-state index in [9.17, 15) is 22.8 Å². The molecular weight excluding hydrogens is 441 g/mol. The minimum absolute atomic E-state index is 0.00784. The number of aryl methyl sites for hydroxylation is 1. The minimum atomic E-state index is -4.75. The third kappa shape index (κ3) is 5.25. The monoisotopic (exact) mass is 460 g/mol. The van der Waals surface area contributed by atoms with Gasteiger partial charge < -0.3 is 9.47 Å². The number of methoxy groups -OCH3 is 2. The van der Waals surface area contributed by atoms with Gasteiger partial charge in [0.2, 0.25) is 5.88 Å². The molecule has 3 rings (SSSR count). The van der Waals surface area contributed by atoms with E-state index in [0.29, 0.717) is 17.2 Å². The zero-order valence-corrected chi connectivity index (χ0v) is 17.9. The third-order valence-electron chi connectivity index (χ3n) is 4.60. The summed E-state index contributed by atoms with van der Waals surface area (Å²) in [6.45, 7) is 0.770. The number of hydrogen-bond acceptors (Lipinski definition) is 7. The molecule has 0 radical (unpaired) electrons. The molecule has 3 heterocycles. The maximum absolute atomic E-state index is 13.4. The van der Waals surface area contributed by atoms with Crippen molar-refractivity contribution in [2.75, 3.05) is 25.7 Å². The Balaban J connectivity index is 2.18. The molecule has 33 heavy (non-hydrogen) atoms. The van der Waals surface area contributed by atoms with Crippen molar-refractivity contribution < 1.29 is 32.2 Å². The highest BCUT2D eigenvalue weighted by Crippen LogP contribution is 2.36. The molecule has 0 saturated heterocycles. The van der Waals surface area contributed by atoms with E-state index in [-0.39, 0.29) is 22.8 Å². The molecule has 0 atom stereocenters. The van der Waals surface area contributed by atoms with Crippen LogP contribution < -0.4 is 9.64 Å². The number of carbonyl (C=O) groups excluding carboxylic acids is 2. The first-order valence-corrected chi connectivity index (χ1v) is 9.53. The smallest absolute Gasteiger partial charge is 0.433 e. The van der Waals surface area contributed by atoms with Crippen LogP contribution in [0.3, 0.4) is 0 Å². The van der Waals surface area contributed by atoms with Crippen molar-refractivity contribution >= 4 is 17.6 Å². The number of esters is 1. The molecule has 0 bridgehead atoms. The Morgan fingerprint density at radius 2 is 1.85 bits per heavy atom. The van der Waals surface area contributed by atoms with Crippen molar-refractivity contribution in [3.05, 3.63) is 65.9 Å². The molecule has 11 heteroatoms. The van der Waals surface area contributed by atoms with Crippen LogP contribution in [0.25, 0.3) is 11.1 Å². The maximum atomic E-state index is 13.4. The van der Waals surface area contributed by atoms with Crippen LogP contribution in [0.5, 0.6) is 5.88 Å². The number of hydrogen-bond donors (Lipinski definition) is 0. The molecule has 0 spiro atoms. The Hall–Kier alpha value is -4.02. The molecule has 0 fully saturated rings. The van der Waals surface area contributed by atoms with Crippen LogP contribution in [0, 0.1) is 6.92 Å². The molecule has 3 aromatic rings. The SMILES string of the molecule is COC(=O)CN(C(=O)c1cc(C)nc(C(F)(F)F)c1)c1cnccc1-c1cccnc1OC. The Morgan fingerprint density at radius 1 is 1.09 bits per heavy atom. The summed E-state index contributed by atoms with van der Waals surface area (Å²) >= 11 is 0. The van der Waals surface area contributed by atoms with Crippen LogP contribution in [0.15, 0.2) is 48.9 Å². The second kappa shape index (κ2) is 9.63. The van der Waals surface area contributed by atoms with E-state index in [0.717, 1.165) is 12.0 Å². The molecule has 172 valence electrons. The largest absolute Gasteiger partial charge is 0.481 e. The summed E-state index contributed by atoms with van der Waals surface area (Å²) < 4.78 is 49.8. The molecule has 0 aliphatic carbocycles. The summed E-state index contributed by atoms with van der Waals surface area (Å²) in [5.74, 6) is -1.40. The number of carbonyl (C=O) groups is 2. The van der Waals surface area contributed by atoms with E-state index < -0.39 is 30.3 Å². The Morgan fingerprint density at radius 3 is 2.52 bits per heavy atom. The van der Waals surface area contributed by atoms with Gasteiger partial charge in [0.05, 0.1) is 26.1 Å². The second-order valence-corrected chi connectivity index (χ2v) is 6.80. The van der Waals surface area contributed by atoms with Crippen molar-refractivity contribution in [3.63, 3.8) is 0 Å². The molecular formula is C22H19F3N4O4. The van der Waals surface area contributed by atoms with E-state index in [4.69, 9.17) is 9.47 Å². The summed E-state index contributed by atoms with van der Waals surface area (Å²) in [5.41, 5.74) is -0.458. The van der Waals surface area contributed by atoms with Gasteiger partial charge in [0.15, 0.2) is 0 Å². The first-order chi connectivity index (χ1) is 15.7. The lowest BCUT2D eigenvalue weighted by molar-refractivity contribution is -0.141. The highest BCUT2D eigenvalue weighted by molar-refractivity contribution is 6.10. The molecule has 0 unspecified atom stereocenters. The fourth-order valence-corrected chi connectivity index (χ4v) is 3.14. The highest BCUT2D eigenvalue weighted by atomic mass is 19.4. The topological polar surface area (TPSA) is 94.5 Å². The number of amides is 1. The molecule has 0 N–H and O–H groups in total. The highest BCUT2D eigenvalue weighted by Gasteiger charge is 2.34. The van der Waals surface area contributed by atoms with Gasteiger partial charge in [-0.1, -0.05) is 0 Å². The van der Waals surface area contributed by atoms with E-state index in [1.165, 1.54) is 38.7 Å². The maximum Gasteiger partial charge on any atom is 0.433 e. The van der Waals surface area contributed by atoms with Gasteiger partial charge in [-0.05, 0) is 37.3 Å². The molecule has 8 nitrogen and oxygen atoms in total. The summed E-state index contributed by atoms with van der Waals surface area (Å²) in [6.07, 6.45) is -0.457. The van der Waals surface area contributed by atoms with E-state index >= 15 is 0 Å². The van der Waals surface area contributed by atoms with Gasteiger partial charge in [-0.3, -0.25) is 19.5 Å². The van der Waals surface area contributed by atoms with Gasteiger partial charge in [-0.2, -0.15) is 13.2 Å². The first kappa shape index (κ1) is 23.6. The number of nitrogens with zero attached hydrogens (tertiary/aromatic N) is 4. The quantitative estimate of drug-likeness (QED) is 0.518. The molecule has 0 saturated carbocycles. The first-order valence-electron chi connectivity index (χ1n) is 9.53. The van der Waals surface area contributed by atoms with Crippen molar-refractivity contribution in [2.45, 2.75) is 13.1 Å². The number of alkyl halides is 3. The molecule has 3 aromatic heterocycles. The Bertz CT molecular complexity index is 1180. The number of ether oxygens (including phenoxy) is 2. The normalized spacial score (nSPS) is 11.1. The van der Waals surface area contributed by atoms with Crippen molar-refractivity contribution in [1.29, 1.82) is 0 Å². The van der Waals surface area contributed by atoms with E-state index in [1.54, 1.807) is 18.2 Å². The average molecular weight is 460 g/mol. The summed E-state index contributed by atoms with van der Waals surface area (Å²) in [7, 11) is 2.56. The van der Waals surface area contributed by atoms with Crippen LogP contribution in [0.2, 0.25) is 0 Å². The lowest BCUT2D eigenvalue weighted by atomic mass is 10.0. The van der Waals surface area contributed by atoms with E-state index in [2.05, 4.69) is 15.0 Å². The second-order valence-electron chi connectivity index (χ2n) is 6.80. The number of halogens is 3. The van der Waals surface area contributed by atoms with E-state index in [1.807, 2.05) is 0 Å². The van der Waals surface area contributed by atoms with Gasteiger partial charge in [-0.25, -0.2) is 9.97 Å². The van der Waals surface area contributed by atoms with Crippen LogP contribution in [0.1, 0.15) is 21.7 Å². The average Bonchev–Trinajstić information content (AvgIpc) is 2.81. The number of rotatable bonds is 6. The lowest BCUT2D eigenvalue weighted by Crippen LogP contribution is -2.37. The fraction of sp³-hybridized carbons (Fsp3) is 0.227. The van der Waals surface area contributed by atoms with Gasteiger partial charge >= 0.3 is 12.1 Å². The van der Waals surface area contributed by atoms with Crippen molar-refractivity contribution in [2.24, 2.45) is 0 Å². The van der Waals surface area contributed by atoms with Gasteiger partial charge in [0.25, 0.3) is 5.91 Å². The predicted octanol–water partition coefficient (Wildman–Crippen LogP) is 3.69.